The van der Waals surface area contributed by atoms with E-state index in [4.69, 9.17) is 5.53 Å². The van der Waals surface area contributed by atoms with E-state index in [9.17, 15) is 9.18 Å². The third-order valence-electron chi connectivity index (χ3n) is 2.40. The number of nitrogens with one attached hydrogen (secondary N) is 1. The maximum atomic E-state index is 13.4. The molecule has 6 heteroatoms. The molecule has 96 valence electrons. The van der Waals surface area contributed by atoms with Crippen molar-refractivity contribution in [3.05, 3.63) is 45.6 Å². The van der Waals surface area contributed by atoms with Crippen LogP contribution in [0.1, 0.15) is 28.8 Å². The zero-order chi connectivity index (χ0) is 13.4. The summed E-state index contributed by atoms with van der Waals surface area (Å²) in [6.45, 7) is 2.65. The summed E-state index contributed by atoms with van der Waals surface area (Å²) in [5.41, 5.74) is 8.96. The van der Waals surface area contributed by atoms with Gasteiger partial charge in [-0.3, -0.25) is 4.79 Å². The van der Waals surface area contributed by atoms with Gasteiger partial charge in [0.25, 0.3) is 5.91 Å². The molecule has 0 saturated carbocycles. The van der Waals surface area contributed by atoms with Gasteiger partial charge in [-0.15, -0.1) is 0 Å². The number of azide groups is 1. The molecule has 0 aliphatic rings. The van der Waals surface area contributed by atoms with Crippen LogP contribution in [-0.2, 0) is 0 Å². The molecule has 1 amide bonds. The van der Waals surface area contributed by atoms with Crippen molar-refractivity contribution in [1.82, 2.24) is 5.32 Å². The number of carbonyl (C=O) groups is 1. The van der Waals surface area contributed by atoms with E-state index < -0.39 is 11.7 Å². The van der Waals surface area contributed by atoms with Gasteiger partial charge >= 0.3 is 0 Å². The van der Waals surface area contributed by atoms with Crippen molar-refractivity contribution in [3.63, 3.8) is 0 Å². The van der Waals surface area contributed by atoms with Crippen LogP contribution in [0.25, 0.3) is 10.4 Å². The van der Waals surface area contributed by atoms with Gasteiger partial charge in [0.05, 0.1) is 5.56 Å². The minimum absolute atomic E-state index is 0.0602. The summed E-state index contributed by atoms with van der Waals surface area (Å²) in [5.74, 6) is -0.938. The molecule has 0 unspecified atom stereocenters. The van der Waals surface area contributed by atoms with Crippen molar-refractivity contribution in [2.75, 3.05) is 13.1 Å². The Morgan fingerprint density at radius 1 is 1.50 bits per heavy atom. The Morgan fingerprint density at radius 3 is 3.00 bits per heavy atom. The Balaban J connectivity index is 2.41. The standard InChI is InChI=1S/C12H15FN4O/c1-9-4-5-11(13)10(8-9)12(18)15-6-2-3-7-16-17-14/h4-5,8H,2-3,6-7H2,1H3,(H,15,18). The van der Waals surface area contributed by atoms with Crippen LogP contribution in [0.15, 0.2) is 23.3 Å². The highest BCUT2D eigenvalue weighted by molar-refractivity contribution is 5.94. The summed E-state index contributed by atoms with van der Waals surface area (Å²) in [6.07, 6.45) is 1.39. The lowest BCUT2D eigenvalue weighted by atomic mass is 10.1. The topological polar surface area (TPSA) is 77.9 Å². The van der Waals surface area contributed by atoms with Crippen LogP contribution < -0.4 is 5.32 Å². The molecule has 1 aromatic carbocycles. The molecule has 0 bridgehead atoms. The summed E-state index contributed by atoms with van der Waals surface area (Å²) >= 11 is 0. The number of nitrogens with zero attached hydrogens (tertiary/aromatic N) is 3. The highest BCUT2D eigenvalue weighted by atomic mass is 19.1. The summed E-state index contributed by atoms with van der Waals surface area (Å²) in [6, 6.07) is 4.42. The lowest BCUT2D eigenvalue weighted by molar-refractivity contribution is 0.0949. The number of aryl methyl sites for hydroxylation is 1. The molecule has 0 spiro atoms. The molecule has 0 radical (unpaired) electrons. The van der Waals surface area contributed by atoms with Crippen molar-refractivity contribution in [2.45, 2.75) is 19.8 Å². The highest BCUT2D eigenvalue weighted by Gasteiger charge is 2.10. The number of unbranched alkanes of at least 4 members (excludes halogenated alkanes) is 1. The Hall–Kier alpha value is -2.07. The predicted molar refractivity (Wildman–Crippen MR) is 66.7 cm³/mol. The zero-order valence-corrected chi connectivity index (χ0v) is 10.2. The maximum absolute atomic E-state index is 13.4. The Bertz CT molecular complexity index is 469. The van der Waals surface area contributed by atoms with Gasteiger partial charge in [-0.1, -0.05) is 16.7 Å². The summed E-state index contributed by atoms with van der Waals surface area (Å²) in [5, 5.41) is 6.01. The number of halogens is 1. The first-order valence-electron chi connectivity index (χ1n) is 5.70. The highest BCUT2D eigenvalue weighted by Crippen LogP contribution is 2.09. The first kappa shape index (κ1) is 14.0. The third-order valence-corrected chi connectivity index (χ3v) is 2.40. The second kappa shape index (κ2) is 7.29. The van der Waals surface area contributed by atoms with Crippen LogP contribution in [0.3, 0.4) is 0 Å². The Kier molecular flexibility index (Phi) is 5.67. The normalized spacial score (nSPS) is 9.67. The zero-order valence-electron chi connectivity index (χ0n) is 10.2. The predicted octanol–water partition coefficient (Wildman–Crippen LogP) is 2.95. The molecule has 0 aliphatic carbocycles. The number of benzene rings is 1. The molecular weight excluding hydrogens is 235 g/mol. The molecule has 0 aliphatic heterocycles. The second-order valence-electron chi connectivity index (χ2n) is 3.90. The fourth-order valence-electron chi connectivity index (χ4n) is 1.46. The molecule has 0 saturated heterocycles. The SMILES string of the molecule is Cc1ccc(F)c(C(=O)NCCCCN=[N+]=[N-])c1. The van der Waals surface area contributed by atoms with Crippen molar-refractivity contribution in [3.8, 4) is 0 Å². The largest absolute Gasteiger partial charge is 0.352 e. The average Bonchev–Trinajstić information content (AvgIpc) is 2.36. The van der Waals surface area contributed by atoms with Crippen molar-refractivity contribution in [2.24, 2.45) is 5.11 Å². The smallest absolute Gasteiger partial charge is 0.254 e. The average molecular weight is 250 g/mol. The number of hydrogen-bond donors (Lipinski definition) is 1. The minimum atomic E-state index is -0.521. The monoisotopic (exact) mass is 250 g/mol. The van der Waals surface area contributed by atoms with E-state index in [-0.39, 0.29) is 5.56 Å². The first-order chi connectivity index (χ1) is 8.65. The third kappa shape index (κ3) is 4.43. The summed E-state index contributed by atoms with van der Waals surface area (Å²) in [7, 11) is 0. The fourth-order valence-corrected chi connectivity index (χ4v) is 1.46. The van der Waals surface area contributed by atoms with Crippen LogP contribution in [0.4, 0.5) is 4.39 Å². The Labute approximate surface area is 105 Å². The summed E-state index contributed by atoms with van der Waals surface area (Å²) in [4.78, 5) is 14.3. The van der Waals surface area contributed by atoms with E-state index >= 15 is 0 Å². The van der Waals surface area contributed by atoms with E-state index in [0.29, 0.717) is 25.9 Å². The van der Waals surface area contributed by atoms with Crippen molar-refractivity contribution < 1.29 is 9.18 Å². The van der Waals surface area contributed by atoms with Crippen molar-refractivity contribution in [1.29, 1.82) is 0 Å². The van der Waals surface area contributed by atoms with Gasteiger partial charge in [0.15, 0.2) is 0 Å². The minimum Gasteiger partial charge on any atom is -0.352 e. The number of rotatable bonds is 6. The summed E-state index contributed by atoms with van der Waals surface area (Å²) < 4.78 is 13.4. The van der Waals surface area contributed by atoms with Gasteiger partial charge in [0, 0.05) is 18.0 Å². The molecule has 0 aromatic heterocycles. The maximum Gasteiger partial charge on any atom is 0.254 e. The van der Waals surface area contributed by atoms with Gasteiger partial charge in [-0.25, -0.2) is 4.39 Å². The lowest BCUT2D eigenvalue weighted by Crippen LogP contribution is -2.25. The molecule has 1 N–H and O–H groups in total. The van der Waals surface area contributed by atoms with Crippen molar-refractivity contribution >= 4 is 5.91 Å². The van der Waals surface area contributed by atoms with E-state index in [2.05, 4.69) is 15.3 Å². The second-order valence-corrected chi connectivity index (χ2v) is 3.90. The molecule has 5 nitrogen and oxygen atoms in total. The number of hydrogen-bond acceptors (Lipinski definition) is 2. The quantitative estimate of drug-likeness (QED) is 0.358. The van der Waals surface area contributed by atoms with Crippen LogP contribution in [0, 0.1) is 12.7 Å². The van der Waals surface area contributed by atoms with E-state index in [0.717, 1.165) is 5.56 Å². The lowest BCUT2D eigenvalue weighted by Gasteiger charge is -2.06. The van der Waals surface area contributed by atoms with Gasteiger partial charge in [-0.2, -0.15) is 0 Å². The first-order valence-corrected chi connectivity index (χ1v) is 5.70. The van der Waals surface area contributed by atoms with E-state index in [1.807, 2.05) is 0 Å². The Morgan fingerprint density at radius 2 is 2.28 bits per heavy atom. The van der Waals surface area contributed by atoms with Crippen LogP contribution in [0.5, 0.6) is 0 Å². The van der Waals surface area contributed by atoms with Gasteiger partial charge in [-0.05, 0) is 37.4 Å². The van der Waals surface area contributed by atoms with Crippen LogP contribution in [-0.4, -0.2) is 19.0 Å². The molecule has 0 heterocycles. The van der Waals surface area contributed by atoms with Gasteiger partial charge < -0.3 is 5.32 Å². The van der Waals surface area contributed by atoms with Crippen LogP contribution in [0.2, 0.25) is 0 Å². The molecular formula is C12H15FN4O. The van der Waals surface area contributed by atoms with Gasteiger partial charge in [0.2, 0.25) is 0 Å². The fraction of sp³-hybridized carbons (Fsp3) is 0.417. The molecule has 0 fully saturated rings. The number of amides is 1. The van der Waals surface area contributed by atoms with Gasteiger partial charge in [0.1, 0.15) is 5.82 Å². The number of carbonyl (C=O) groups excluding carboxylic acids is 1. The van der Waals surface area contributed by atoms with E-state index in [1.54, 1.807) is 13.0 Å². The molecule has 0 atom stereocenters. The van der Waals surface area contributed by atoms with Crippen LogP contribution >= 0.6 is 0 Å². The van der Waals surface area contributed by atoms with E-state index in [1.165, 1.54) is 12.1 Å². The molecule has 18 heavy (non-hydrogen) atoms. The molecule has 1 rings (SSSR count). The molecule has 1 aromatic rings.